The van der Waals surface area contributed by atoms with Gasteiger partial charge < -0.3 is 10.4 Å². The number of hydrogen-bond donors (Lipinski definition) is 2. The predicted molar refractivity (Wildman–Crippen MR) is 102 cm³/mol. The normalized spacial score (nSPS) is 14.8. The molecule has 2 aromatic carbocycles. The van der Waals surface area contributed by atoms with Gasteiger partial charge in [0.15, 0.2) is 0 Å². The molecule has 0 amide bonds. The Balaban J connectivity index is 2.06. The van der Waals surface area contributed by atoms with E-state index in [9.17, 15) is 9.50 Å². The SMILES string of the molecule is C=C(C)CC(O)(CCN[C@@H](C)c1ccc(C)cc1)c1ccccc1F. The highest BCUT2D eigenvalue weighted by atomic mass is 19.1. The molecule has 1 unspecified atom stereocenters. The van der Waals surface area contributed by atoms with Crippen LogP contribution in [0.1, 0.15) is 49.4 Å². The molecule has 0 saturated carbocycles. The van der Waals surface area contributed by atoms with E-state index in [0.717, 1.165) is 5.57 Å². The lowest BCUT2D eigenvalue weighted by molar-refractivity contribution is 0.0241. The van der Waals surface area contributed by atoms with Gasteiger partial charge in [0.1, 0.15) is 5.82 Å². The van der Waals surface area contributed by atoms with Crippen LogP contribution in [0.2, 0.25) is 0 Å². The summed E-state index contributed by atoms with van der Waals surface area (Å²) in [5.41, 5.74) is 2.34. The molecule has 0 aliphatic heterocycles. The van der Waals surface area contributed by atoms with Crippen molar-refractivity contribution < 1.29 is 9.50 Å². The van der Waals surface area contributed by atoms with Crippen molar-refractivity contribution in [1.82, 2.24) is 5.32 Å². The van der Waals surface area contributed by atoms with E-state index >= 15 is 0 Å². The van der Waals surface area contributed by atoms with Gasteiger partial charge in [0.25, 0.3) is 0 Å². The number of benzene rings is 2. The number of aryl methyl sites for hydroxylation is 1. The molecule has 2 rings (SSSR count). The van der Waals surface area contributed by atoms with Crippen molar-refractivity contribution >= 4 is 0 Å². The Labute approximate surface area is 150 Å². The number of rotatable bonds is 8. The van der Waals surface area contributed by atoms with Crippen molar-refractivity contribution in [2.24, 2.45) is 0 Å². The van der Waals surface area contributed by atoms with Crippen LogP contribution in [-0.2, 0) is 5.60 Å². The topological polar surface area (TPSA) is 32.3 Å². The van der Waals surface area contributed by atoms with Crippen LogP contribution < -0.4 is 5.32 Å². The van der Waals surface area contributed by atoms with Gasteiger partial charge in [-0.05, 0) is 45.4 Å². The number of hydrogen-bond acceptors (Lipinski definition) is 2. The summed E-state index contributed by atoms with van der Waals surface area (Å²) >= 11 is 0. The minimum absolute atomic E-state index is 0.162. The van der Waals surface area contributed by atoms with Gasteiger partial charge in [0.05, 0.1) is 5.60 Å². The van der Waals surface area contributed by atoms with Crippen LogP contribution in [0.3, 0.4) is 0 Å². The molecular weight excluding hydrogens is 313 g/mol. The summed E-state index contributed by atoms with van der Waals surface area (Å²) in [6, 6.07) is 15.0. The van der Waals surface area contributed by atoms with Gasteiger partial charge in [0, 0.05) is 18.0 Å². The number of nitrogens with one attached hydrogen (secondary N) is 1. The second-order valence-electron chi connectivity index (χ2n) is 6.98. The van der Waals surface area contributed by atoms with E-state index in [2.05, 4.69) is 50.0 Å². The first-order valence-corrected chi connectivity index (χ1v) is 8.73. The number of aliphatic hydroxyl groups is 1. The second kappa shape index (κ2) is 8.41. The summed E-state index contributed by atoms with van der Waals surface area (Å²) in [6.45, 7) is 10.5. The lowest BCUT2D eigenvalue weighted by Crippen LogP contribution is -2.33. The van der Waals surface area contributed by atoms with Crippen molar-refractivity contribution in [2.45, 2.75) is 45.3 Å². The highest BCUT2D eigenvalue weighted by Gasteiger charge is 2.31. The first kappa shape index (κ1) is 19.4. The quantitative estimate of drug-likeness (QED) is 0.660. The van der Waals surface area contributed by atoms with Gasteiger partial charge in [0.2, 0.25) is 0 Å². The zero-order valence-corrected chi connectivity index (χ0v) is 15.3. The minimum atomic E-state index is -1.25. The molecule has 2 atom stereocenters. The van der Waals surface area contributed by atoms with Crippen LogP contribution in [0.5, 0.6) is 0 Å². The molecule has 0 heterocycles. The number of halogens is 1. The molecule has 0 aromatic heterocycles. The summed E-state index contributed by atoms with van der Waals surface area (Å²) in [6.07, 6.45) is 0.755. The zero-order valence-electron chi connectivity index (χ0n) is 15.3. The Kier molecular flexibility index (Phi) is 6.51. The molecule has 0 aliphatic rings. The van der Waals surface area contributed by atoms with E-state index in [0.29, 0.717) is 24.9 Å². The molecule has 0 spiro atoms. The third kappa shape index (κ3) is 5.25. The van der Waals surface area contributed by atoms with Crippen molar-refractivity contribution in [3.05, 3.63) is 83.2 Å². The molecule has 0 saturated heterocycles. The van der Waals surface area contributed by atoms with Crippen molar-refractivity contribution in [3.8, 4) is 0 Å². The molecule has 25 heavy (non-hydrogen) atoms. The smallest absolute Gasteiger partial charge is 0.129 e. The first-order valence-electron chi connectivity index (χ1n) is 8.73. The standard InChI is InChI=1S/C22H28FNO/c1-16(2)15-22(25,20-7-5-6-8-21(20)23)13-14-24-18(4)19-11-9-17(3)10-12-19/h5-12,18,24-25H,1,13-15H2,2-4H3/t18-,22?/m0/s1. The fourth-order valence-corrected chi connectivity index (χ4v) is 3.12. The first-order chi connectivity index (χ1) is 11.8. The van der Waals surface area contributed by atoms with Crippen LogP contribution in [0.15, 0.2) is 60.7 Å². The Bertz CT molecular complexity index is 710. The van der Waals surface area contributed by atoms with Crippen LogP contribution >= 0.6 is 0 Å². The maximum atomic E-state index is 14.2. The van der Waals surface area contributed by atoms with Crippen LogP contribution in [-0.4, -0.2) is 11.7 Å². The van der Waals surface area contributed by atoms with Gasteiger partial charge in [-0.2, -0.15) is 0 Å². The molecule has 0 radical (unpaired) electrons. The average Bonchev–Trinajstić information content (AvgIpc) is 2.55. The van der Waals surface area contributed by atoms with Crippen LogP contribution in [0, 0.1) is 12.7 Å². The third-order valence-corrected chi connectivity index (χ3v) is 4.54. The van der Waals surface area contributed by atoms with Gasteiger partial charge in [-0.3, -0.25) is 0 Å². The minimum Gasteiger partial charge on any atom is -0.385 e. The highest BCUT2D eigenvalue weighted by molar-refractivity contribution is 5.26. The van der Waals surface area contributed by atoms with E-state index in [1.54, 1.807) is 18.2 Å². The summed E-state index contributed by atoms with van der Waals surface area (Å²) in [5, 5.41) is 14.5. The van der Waals surface area contributed by atoms with E-state index < -0.39 is 5.60 Å². The second-order valence-corrected chi connectivity index (χ2v) is 6.98. The molecule has 0 fully saturated rings. The average molecular weight is 341 g/mol. The van der Waals surface area contributed by atoms with Crippen LogP contribution in [0.4, 0.5) is 4.39 Å². The Morgan fingerprint density at radius 3 is 2.44 bits per heavy atom. The molecule has 0 bridgehead atoms. The Morgan fingerprint density at radius 2 is 1.84 bits per heavy atom. The highest BCUT2D eigenvalue weighted by Crippen LogP contribution is 2.33. The predicted octanol–water partition coefficient (Wildman–Crippen LogP) is 5.03. The van der Waals surface area contributed by atoms with E-state index in [4.69, 9.17) is 0 Å². The molecule has 134 valence electrons. The van der Waals surface area contributed by atoms with Crippen LogP contribution in [0.25, 0.3) is 0 Å². The van der Waals surface area contributed by atoms with Gasteiger partial charge in [-0.15, -0.1) is 6.58 Å². The summed E-state index contributed by atoms with van der Waals surface area (Å²) in [7, 11) is 0. The van der Waals surface area contributed by atoms with Gasteiger partial charge >= 0.3 is 0 Å². The fourth-order valence-electron chi connectivity index (χ4n) is 3.12. The molecule has 2 nitrogen and oxygen atoms in total. The monoisotopic (exact) mass is 341 g/mol. The molecule has 0 aliphatic carbocycles. The third-order valence-electron chi connectivity index (χ3n) is 4.54. The molecular formula is C22H28FNO. The maximum absolute atomic E-state index is 14.2. The van der Waals surface area contributed by atoms with Crippen molar-refractivity contribution in [2.75, 3.05) is 6.54 Å². The lowest BCUT2D eigenvalue weighted by atomic mass is 9.84. The molecule has 3 heteroatoms. The fraction of sp³-hybridized carbons (Fsp3) is 0.364. The molecule has 2 aromatic rings. The largest absolute Gasteiger partial charge is 0.385 e. The van der Waals surface area contributed by atoms with E-state index in [1.807, 2.05) is 6.92 Å². The zero-order chi connectivity index (χ0) is 18.4. The van der Waals surface area contributed by atoms with Gasteiger partial charge in [-0.25, -0.2) is 4.39 Å². The van der Waals surface area contributed by atoms with Crippen molar-refractivity contribution in [3.63, 3.8) is 0 Å². The van der Waals surface area contributed by atoms with Crippen molar-refractivity contribution in [1.29, 1.82) is 0 Å². The summed E-state index contributed by atoms with van der Waals surface area (Å²) in [4.78, 5) is 0. The Hall–Kier alpha value is -1.97. The molecule has 2 N–H and O–H groups in total. The van der Waals surface area contributed by atoms with E-state index in [-0.39, 0.29) is 11.9 Å². The van der Waals surface area contributed by atoms with Gasteiger partial charge in [-0.1, -0.05) is 53.6 Å². The summed E-state index contributed by atoms with van der Waals surface area (Å²) in [5.74, 6) is -0.377. The maximum Gasteiger partial charge on any atom is 0.129 e. The summed E-state index contributed by atoms with van der Waals surface area (Å²) < 4.78 is 14.2. The Morgan fingerprint density at radius 1 is 1.20 bits per heavy atom. The lowest BCUT2D eigenvalue weighted by Gasteiger charge is -2.30. The van der Waals surface area contributed by atoms with E-state index in [1.165, 1.54) is 17.2 Å².